The van der Waals surface area contributed by atoms with E-state index < -0.39 is 0 Å². The number of aromatic nitrogens is 1. The van der Waals surface area contributed by atoms with Gasteiger partial charge in [-0.05, 0) is 25.1 Å². The molecule has 17 heavy (non-hydrogen) atoms. The molecule has 0 fully saturated rings. The molecule has 0 unspecified atom stereocenters. The van der Waals surface area contributed by atoms with Gasteiger partial charge >= 0.3 is 0 Å². The Labute approximate surface area is 104 Å². The lowest BCUT2D eigenvalue weighted by Gasteiger charge is -2.06. The van der Waals surface area contributed by atoms with Crippen LogP contribution in [0.5, 0.6) is 0 Å². The predicted molar refractivity (Wildman–Crippen MR) is 64.7 cm³/mol. The van der Waals surface area contributed by atoms with E-state index in [1.807, 2.05) is 13.0 Å². The molecule has 0 atom stereocenters. The van der Waals surface area contributed by atoms with Crippen LogP contribution in [0.15, 0.2) is 28.8 Å². The van der Waals surface area contributed by atoms with Crippen molar-refractivity contribution >= 4 is 17.3 Å². The van der Waals surface area contributed by atoms with E-state index in [9.17, 15) is 0 Å². The molecular weight excluding hydrogens is 238 g/mol. The number of nitrogens with one attached hydrogen (secondary N) is 1. The second kappa shape index (κ2) is 4.89. The van der Waals surface area contributed by atoms with Crippen LogP contribution in [-0.4, -0.2) is 5.16 Å². The topological polar surface area (TPSA) is 61.9 Å². The number of halogens is 1. The van der Waals surface area contributed by atoms with Crippen LogP contribution in [0, 0.1) is 18.3 Å². The highest BCUT2D eigenvalue weighted by molar-refractivity contribution is 6.30. The zero-order chi connectivity index (χ0) is 12.3. The average Bonchev–Trinajstić information content (AvgIpc) is 2.73. The summed E-state index contributed by atoms with van der Waals surface area (Å²) in [5, 5.41) is 16.5. The first-order valence-electron chi connectivity index (χ1n) is 5.05. The summed E-state index contributed by atoms with van der Waals surface area (Å²) in [6.07, 6.45) is 0. The fourth-order valence-corrected chi connectivity index (χ4v) is 1.62. The van der Waals surface area contributed by atoms with Gasteiger partial charge in [-0.25, -0.2) is 0 Å². The monoisotopic (exact) mass is 247 g/mol. The summed E-state index contributed by atoms with van der Waals surface area (Å²) >= 11 is 5.81. The van der Waals surface area contributed by atoms with Crippen LogP contribution in [0.2, 0.25) is 5.02 Å². The van der Waals surface area contributed by atoms with Crippen molar-refractivity contribution < 1.29 is 4.52 Å². The fraction of sp³-hybridized carbons (Fsp3) is 0.167. The molecule has 1 aromatic heterocycles. The maximum absolute atomic E-state index is 8.96. The van der Waals surface area contributed by atoms with Gasteiger partial charge in [0.05, 0.1) is 17.8 Å². The molecule has 1 aromatic carbocycles. The first-order chi connectivity index (χ1) is 8.19. The van der Waals surface area contributed by atoms with Gasteiger partial charge in [-0.15, -0.1) is 0 Å². The molecule has 86 valence electrons. The molecule has 0 aliphatic rings. The SMILES string of the molecule is Cc1cc(CNc2ccc(Cl)cc2C#N)no1. The first kappa shape index (κ1) is 11.5. The lowest BCUT2D eigenvalue weighted by atomic mass is 10.2. The number of hydrogen-bond donors (Lipinski definition) is 1. The van der Waals surface area contributed by atoms with Crippen molar-refractivity contribution in [1.82, 2.24) is 5.16 Å². The van der Waals surface area contributed by atoms with E-state index in [0.29, 0.717) is 17.1 Å². The summed E-state index contributed by atoms with van der Waals surface area (Å²) in [4.78, 5) is 0. The number of benzene rings is 1. The summed E-state index contributed by atoms with van der Waals surface area (Å²) in [6, 6.07) is 9.06. The summed E-state index contributed by atoms with van der Waals surface area (Å²) in [5.74, 6) is 0.762. The van der Waals surface area contributed by atoms with Crippen molar-refractivity contribution in [3.05, 3.63) is 46.3 Å². The van der Waals surface area contributed by atoms with Crippen molar-refractivity contribution in [2.24, 2.45) is 0 Å². The smallest absolute Gasteiger partial charge is 0.133 e. The van der Waals surface area contributed by atoms with Crippen molar-refractivity contribution in [2.45, 2.75) is 13.5 Å². The van der Waals surface area contributed by atoms with Crippen LogP contribution in [0.1, 0.15) is 17.0 Å². The molecule has 0 amide bonds. The normalized spacial score (nSPS) is 9.94. The molecule has 0 saturated carbocycles. The highest BCUT2D eigenvalue weighted by atomic mass is 35.5. The van der Waals surface area contributed by atoms with Crippen molar-refractivity contribution in [1.29, 1.82) is 5.26 Å². The fourth-order valence-electron chi connectivity index (χ4n) is 1.45. The highest BCUT2D eigenvalue weighted by Gasteiger charge is 2.04. The van der Waals surface area contributed by atoms with Crippen LogP contribution in [0.3, 0.4) is 0 Å². The molecule has 0 bridgehead atoms. The highest BCUT2D eigenvalue weighted by Crippen LogP contribution is 2.20. The molecule has 0 radical (unpaired) electrons. The summed E-state index contributed by atoms with van der Waals surface area (Å²) < 4.78 is 4.95. The molecule has 2 rings (SSSR count). The van der Waals surface area contributed by atoms with Gasteiger partial charge in [0.1, 0.15) is 17.5 Å². The molecule has 5 heteroatoms. The second-order valence-electron chi connectivity index (χ2n) is 3.58. The van der Waals surface area contributed by atoms with Crippen molar-refractivity contribution in [2.75, 3.05) is 5.32 Å². The summed E-state index contributed by atoms with van der Waals surface area (Å²) in [7, 11) is 0. The minimum absolute atomic E-state index is 0.508. The van der Waals surface area contributed by atoms with Gasteiger partial charge in [0.15, 0.2) is 0 Å². The maximum atomic E-state index is 8.96. The van der Waals surface area contributed by atoms with Crippen molar-refractivity contribution in [3.63, 3.8) is 0 Å². The molecule has 2 aromatic rings. The third kappa shape index (κ3) is 2.77. The number of rotatable bonds is 3. The van der Waals surface area contributed by atoms with Crippen LogP contribution in [0.4, 0.5) is 5.69 Å². The molecular formula is C12H10ClN3O. The Balaban J connectivity index is 2.12. The molecule has 0 aliphatic carbocycles. The maximum Gasteiger partial charge on any atom is 0.133 e. The van der Waals surface area contributed by atoms with Crippen LogP contribution >= 0.6 is 11.6 Å². The number of nitriles is 1. The Kier molecular flexibility index (Phi) is 3.31. The first-order valence-corrected chi connectivity index (χ1v) is 5.42. The van der Waals surface area contributed by atoms with Gasteiger partial charge < -0.3 is 9.84 Å². The van der Waals surface area contributed by atoms with E-state index in [0.717, 1.165) is 17.1 Å². The standard InChI is InChI=1S/C12H10ClN3O/c1-8-4-11(16-17-8)7-15-12-3-2-10(13)5-9(12)6-14/h2-5,15H,7H2,1H3. The van der Waals surface area contributed by atoms with Crippen LogP contribution < -0.4 is 5.32 Å². The van der Waals surface area contributed by atoms with Crippen LogP contribution in [0.25, 0.3) is 0 Å². The zero-order valence-corrected chi connectivity index (χ0v) is 9.95. The third-order valence-electron chi connectivity index (χ3n) is 2.24. The Morgan fingerprint density at radius 2 is 2.29 bits per heavy atom. The third-order valence-corrected chi connectivity index (χ3v) is 2.47. The predicted octanol–water partition coefficient (Wildman–Crippen LogP) is 3.12. The molecule has 4 nitrogen and oxygen atoms in total. The quantitative estimate of drug-likeness (QED) is 0.905. The average molecular weight is 248 g/mol. The van der Waals surface area contributed by atoms with E-state index in [1.165, 1.54) is 0 Å². The lowest BCUT2D eigenvalue weighted by molar-refractivity contribution is 0.391. The van der Waals surface area contributed by atoms with Gasteiger partial charge in [0.2, 0.25) is 0 Å². The summed E-state index contributed by atoms with van der Waals surface area (Å²) in [6.45, 7) is 2.34. The van der Waals surface area contributed by atoms with Gasteiger partial charge in [-0.2, -0.15) is 5.26 Å². The molecule has 0 spiro atoms. The minimum Gasteiger partial charge on any atom is -0.378 e. The largest absolute Gasteiger partial charge is 0.378 e. The summed E-state index contributed by atoms with van der Waals surface area (Å²) in [5.41, 5.74) is 2.04. The minimum atomic E-state index is 0.508. The van der Waals surface area contributed by atoms with E-state index in [1.54, 1.807) is 18.2 Å². The van der Waals surface area contributed by atoms with E-state index in [-0.39, 0.29) is 0 Å². The Hall–Kier alpha value is -1.99. The lowest BCUT2D eigenvalue weighted by Crippen LogP contribution is -2.01. The van der Waals surface area contributed by atoms with Gasteiger partial charge in [0, 0.05) is 11.1 Å². The van der Waals surface area contributed by atoms with Crippen molar-refractivity contribution in [3.8, 4) is 6.07 Å². The Bertz CT molecular complexity index is 571. The number of nitrogens with zero attached hydrogens (tertiary/aromatic N) is 2. The molecule has 0 saturated heterocycles. The Morgan fingerprint density at radius 3 is 2.94 bits per heavy atom. The molecule has 1 heterocycles. The number of anilines is 1. The molecule has 0 aliphatic heterocycles. The number of aryl methyl sites for hydroxylation is 1. The number of hydrogen-bond acceptors (Lipinski definition) is 4. The van der Waals surface area contributed by atoms with Gasteiger partial charge in [0.25, 0.3) is 0 Å². The second-order valence-corrected chi connectivity index (χ2v) is 4.02. The zero-order valence-electron chi connectivity index (χ0n) is 9.20. The van der Waals surface area contributed by atoms with Gasteiger partial charge in [-0.3, -0.25) is 0 Å². The Morgan fingerprint density at radius 1 is 1.47 bits per heavy atom. The van der Waals surface area contributed by atoms with Gasteiger partial charge in [-0.1, -0.05) is 16.8 Å². The van der Waals surface area contributed by atoms with E-state index in [2.05, 4.69) is 16.5 Å². The van der Waals surface area contributed by atoms with E-state index >= 15 is 0 Å². The molecule has 1 N–H and O–H groups in total. The van der Waals surface area contributed by atoms with E-state index in [4.69, 9.17) is 21.4 Å². The van der Waals surface area contributed by atoms with Crippen LogP contribution in [-0.2, 0) is 6.54 Å².